The summed E-state index contributed by atoms with van der Waals surface area (Å²) in [6.45, 7) is 13.2. The average molecular weight is 1030 g/mol. The molecule has 20 heteroatoms. The van der Waals surface area contributed by atoms with Crippen LogP contribution in [0.1, 0.15) is 99.6 Å². The van der Waals surface area contributed by atoms with E-state index >= 15 is 0 Å². The van der Waals surface area contributed by atoms with E-state index in [9.17, 15) is 38.2 Å². The fraction of sp³-hybridized carbons (Fsp3) is 0.462. The third kappa shape index (κ3) is 12.3. The number of nitriles is 1. The van der Waals surface area contributed by atoms with E-state index in [-0.39, 0.29) is 42.1 Å². The van der Waals surface area contributed by atoms with Gasteiger partial charge in [0, 0.05) is 50.0 Å². The maximum absolute atomic E-state index is 13.8. The number of carbonyl (C=O) groups is 2. The van der Waals surface area contributed by atoms with Crippen LogP contribution in [0.25, 0.3) is 10.4 Å². The number of thiocarbonyl (C=S) groups is 1. The number of amides is 2. The molecule has 0 aliphatic carbocycles. The smallest absolute Gasteiger partial charge is 0.417 e. The predicted octanol–water partition coefficient (Wildman–Crippen LogP) is 9.07. The Bertz CT molecular complexity index is 2740. The van der Waals surface area contributed by atoms with E-state index in [1.54, 1.807) is 65.6 Å². The molecule has 0 radical (unpaired) electrons. The Morgan fingerprint density at radius 1 is 1.00 bits per heavy atom. The van der Waals surface area contributed by atoms with Gasteiger partial charge in [-0.15, -0.1) is 11.3 Å². The standard InChI is InChI=1S/C52H60F3N7O8S2/c1-31(2)45(44-23-32(3)59-70-44)48(65)60-29-39(63)26-42(60)47(64)57-28-36-12-11-34(46-33(4)58-30-72-46)24-43(36)69-22-10-20-67-19-8-7-9-21-68-40-17-15-37(16-18-40)62-50(71)61(49(66)51(62,5)6)38-14-13-35(27-56)41(25-38)52(53,54)55/h11-18,23-25,30-31,39,42,45,48,63,65H,7-10,19-22,26,28-29H2,1-6H3,(H,57,64)/t39?,42-,45+,48?/m1/s1. The Balaban J connectivity index is 0.846. The number of β-amino-alcohol motifs (C(OH)–C–C–N with tert-alkyl or cyclic N) is 1. The number of nitrogens with one attached hydrogen (secondary N) is 1. The van der Waals surface area contributed by atoms with Crippen molar-refractivity contribution in [2.24, 2.45) is 5.92 Å². The zero-order chi connectivity index (χ0) is 51.9. The summed E-state index contributed by atoms with van der Waals surface area (Å²) in [6, 6.07) is 18.5. The topological polar surface area (TPSA) is 187 Å². The second kappa shape index (κ2) is 23.3. The number of alkyl halides is 3. The van der Waals surface area contributed by atoms with Crippen LogP contribution < -0.4 is 24.6 Å². The molecule has 2 aromatic heterocycles. The number of aromatic nitrogens is 2. The Morgan fingerprint density at radius 2 is 1.71 bits per heavy atom. The quantitative estimate of drug-likeness (QED) is 0.0440. The van der Waals surface area contributed by atoms with Crippen LogP contribution >= 0.6 is 23.6 Å². The summed E-state index contributed by atoms with van der Waals surface area (Å²) in [4.78, 5) is 37.1. The Hall–Kier alpha value is -5.95. The van der Waals surface area contributed by atoms with E-state index in [1.165, 1.54) is 17.4 Å². The molecule has 384 valence electrons. The number of hydrogen-bond acceptors (Lipinski definition) is 14. The minimum Gasteiger partial charge on any atom is -0.494 e. The van der Waals surface area contributed by atoms with Gasteiger partial charge in [0.15, 0.2) is 5.11 Å². The van der Waals surface area contributed by atoms with Gasteiger partial charge < -0.3 is 39.2 Å². The molecule has 7 rings (SSSR count). The van der Waals surface area contributed by atoms with Gasteiger partial charge in [-0.05, 0) is 126 Å². The lowest BCUT2D eigenvalue weighted by atomic mass is 9.90. The van der Waals surface area contributed by atoms with Gasteiger partial charge in [0.2, 0.25) is 5.91 Å². The first-order valence-electron chi connectivity index (χ1n) is 23.9. The second-order valence-electron chi connectivity index (χ2n) is 18.8. The third-order valence-corrected chi connectivity index (χ3v) is 14.2. The predicted molar refractivity (Wildman–Crippen MR) is 270 cm³/mol. The maximum Gasteiger partial charge on any atom is 0.417 e. The molecule has 0 saturated carbocycles. The molecular formula is C52H60F3N7O8S2. The zero-order valence-electron chi connectivity index (χ0n) is 41.1. The Labute approximate surface area is 426 Å². The summed E-state index contributed by atoms with van der Waals surface area (Å²) in [5.41, 5.74) is 2.69. The Kier molecular flexibility index (Phi) is 17.4. The van der Waals surface area contributed by atoms with Crippen LogP contribution in [-0.2, 0) is 27.0 Å². The molecule has 15 nitrogen and oxygen atoms in total. The summed E-state index contributed by atoms with van der Waals surface area (Å²) in [6.07, 6.45) is -3.40. The van der Waals surface area contributed by atoms with E-state index in [4.69, 9.17) is 31.0 Å². The summed E-state index contributed by atoms with van der Waals surface area (Å²) >= 11 is 7.18. The number of ether oxygens (including phenoxy) is 3. The molecule has 0 bridgehead atoms. The molecule has 5 aromatic rings. The molecular weight excluding hydrogens is 972 g/mol. The summed E-state index contributed by atoms with van der Waals surface area (Å²) in [7, 11) is 0. The molecule has 2 fully saturated rings. The summed E-state index contributed by atoms with van der Waals surface area (Å²) in [5.74, 6) is 0.431. The van der Waals surface area contributed by atoms with E-state index in [2.05, 4.69) is 15.5 Å². The van der Waals surface area contributed by atoms with Crippen molar-refractivity contribution in [2.45, 2.75) is 116 Å². The summed E-state index contributed by atoms with van der Waals surface area (Å²) < 4.78 is 65.0. The molecule has 4 heterocycles. The highest BCUT2D eigenvalue weighted by Gasteiger charge is 2.51. The molecule has 2 unspecified atom stereocenters. The fourth-order valence-electron chi connectivity index (χ4n) is 9.08. The number of aliphatic hydroxyl groups excluding tert-OH is 2. The number of aryl methyl sites for hydroxylation is 2. The van der Waals surface area contributed by atoms with Crippen LogP contribution in [0.15, 0.2) is 76.8 Å². The molecule has 3 aromatic carbocycles. The highest BCUT2D eigenvalue weighted by Crippen LogP contribution is 2.41. The van der Waals surface area contributed by atoms with Crippen LogP contribution in [0, 0.1) is 31.1 Å². The molecule has 3 N–H and O–H groups in total. The molecule has 2 amide bonds. The highest BCUT2D eigenvalue weighted by atomic mass is 32.1. The minimum atomic E-state index is -4.80. The van der Waals surface area contributed by atoms with Gasteiger partial charge in [0.05, 0.1) is 75.9 Å². The largest absolute Gasteiger partial charge is 0.494 e. The van der Waals surface area contributed by atoms with Crippen molar-refractivity contribution >= 4 is 51.9 Å². The number of carbonyl (C=O) groups excluding carboxylic acids is 2. The maximum atomic E-state index is 13.8. The SMILES string of the molecule is Cc1cc([C@H](C(C)C)C(O)N2CC(O)C[C@@H]2C(=O)NCc2ccc(-c3scnc3C)cc2OCCCOCCCCCOc2ccc(N3C(=S)N(c4ccc(C#N)c(C(F)(F)F)c4)C(=O)C3(C)C)cc2)on1. The van der Waals surface area contributed by atoms with Crippen molar-refractivity contribution in [1.29, 1.82) is 5.26 Å². The van der Waals surface area contributed by atoms with Gasteiger partial charge in [-0.3, -0.25) is 19.4 Å². The van der Waals surface area contributed by atoms with Crippen molar-refractivity contribution in [3.8, 4) is 28.0 Å². The zero-order valence-corrected chi connectivity index (χ0v) is 42.7. The van der Waals surface area contributed by atoms with Crippen LogP contribution in [0.5, 0.6) is 11.5 Å². The molecule has 4 atom stereocenters. The van der Waals surface area contributed by atoms with Crippen molar-refractivity contribution in [2.75, 3.05) is 42.8 Å². The number of thiazole rings is 1. The van der Waals surface area contributed by atoms with E-state index in [0.29, 0.717) is 61.5 Å². The lowest BCUT2D eigenvalue weighted by Crippen LogP contribution is -2.50. The number of nitrogens with zero attached hydrogens (tertiary/aromatic N) is 6. The van der Waals surface area contributed by atoms with Gasteiger partial charge in [-0.25, -0.2) is 4.98 Å². The summed E-state index contributed by atoms with van der Waals surface area (Å²) in [5, 5.41) is 38.5. The van der Waals surface area contributed by atoms with Crippen molar-refractivity contribution in [3.63, 3.8) is 0 Å². The average Bonchev–Trinajstić information content (AvgIpc) is 4.12. The monoisotopic (exact) mass is 1030 g/mol. The number of halogens is 3. The van der Waals surface area contributed by atoms with Crippen LogP contribution in [0.3, 0.4) is 0 Å². The Morgan fingerprint density at radius 3 is 2.38 bits per heavy atom. The normalized spacial score (nSPS) is 17.9. The first kappa shape index (κ1) is 53.8. The second-order valence-corrected chi connectivity index (χ2v) is 20.1. The number of unbranched alkanes of at least 4 members (excludes halogenated alkanes) is 2. The first-order chi connectivity index (χ1) is 34.3. The van der Waals surface area contributed by atoms with Gasteiger partial charge in [-0.2, -0.15) is 18.4 Å². The van der Waals surface area contributed by atoms with Gasteiger partial charge in [0.1, 0.15) is 29.0 Å². The number of aliphatic hydroxyl groups is 2. The van der Waals surface area contributed by atoms with Gasteiger partial charge >= 0.3 is 6.18 Å². The van der Waals surface area contributed by atoms with Gasteiger partial charge in [-0.1, -0.05) is 31.1 Å². The number of benzene rings is 3. The van der Waals surface area contributed by atoms with Crippen molar-refractivity contribution < 1.29 is 51.7 Å². The molecule has 72 heavy (non-hydrogen) atoms. The fourth-order valence-corrected chi connectivity index (χ4v) is 10.4. The highest BCUT2D eigenvalue weighted by molar-refractivity contribution is 7.81. The lowest BCUT2D eigenvalue weighted by Gasteiger charge is -2.34. The third-order valence-electron chi connectivity index (χ3n) is 12.8. The number of hydrogen-bond donors (Lipinski definition) is 3. The van der Waals surface area contributed by atoms with Crippen LogP contribution in [-0.4, -0.2) is 99.1 Å². The minimum absolute atomic E-state index is 0.00961. The van der Waals surface area contributed by atoms with E-state index in [0.717, 1.165) is 58.0 Å². The number of rotatable bonds is 22. The number of likely N-dealkylation sites (tertiary alicyclic amines) is 1. The molecule has 0 spiro atoms. The number of anilines is 2. The van der Waals surface area contributed by atoms with Crippen molar-refractivity contribution in [3.05, 3.63) is 106 Å². The molecule has 2 aliphatic heterocycles. The van der Waals surface area contributed by atoms with E-state index in [1.807, 2.05) is 45.9 Å². The van der Waals surface area contributed by atoms with Gasteiger partial charge in [0.25, 0.3) is 5.91 Å². The molecule has 2 saturated heterocycles. The van der Waals surface area contributed by atoms with E-state index < -0.39 is 53.0 Å². The first-order valence-corrected chi connectivity index (χ1v) is 25.2. The van der Waals surface area contributed by atoms with Crippen LogP contribution in [0.2, 0.25) is 0 Å². The van der Waals surface area contributed by atoms with Crippen molar-refractivity contribution in [1.82, 2.24) is 20.4 Å². The molecule has 2 aliphatic rings. The van der Waals surface area contributed by atoms with Crippen LogP contribution in [0.4, 0.5) is 24.5 Å². The lowest BCUT2D eigenvalue weighted by molar-refractivity contribution is -0.137.